The SMILES string of the molecule is [CH]1CCCCC12CCOCC2. The molecule has 63 valence electrons. The van der Waals surface area contributed by atoms with Gasteiger partial charge in [0.05, 0.1) is 0 Å². The van der Waals surface area contributed by atoms with Crippen LogP contribution in [0.25, 0.3) is 0 Å². The summed E-state index contributed by atoms with van der Waals surface area (Å²) in [4.78, 5) is 0. The second-order valence-electron chi connectivity index (χ2n) is 3.92. The van der Waals surface area contributed by atoms with Crippen LogP contribution in [0.15, 0.2) is 0 Å². The van der Waals surface area contributed by atoms with Crippen molar-refractivity contribution in [2.75, 3.05) is 13.2 Å². The Hall–Kier alpha value is -0.0400. The minimum atomic E-state index is 0.608. The summed E-state index contributed by atoms with van der Waals surface area (Å²) in [6.45, 7) is 1.99. The van der Waals surface area contributed by atoms with E-state index in [0.29, 0.717) is 5.41 Å². The first-order chi connectivity index (χ1) is 5.41. The minimum Gasteiger partial charge on any atom is -0.381 e. The molecule has 0 aromatic rings. The van der Waals surface area contributed by atoms with E-state index in [0.717, 1.165) is 13.2 Å². The molecule has 0 amide bonds. The Morgan fingerprint density at radius 3 is 2.45 bits per heavy atom. The highest BCUT2D eigenvalue weighted by atomic mass is 16.5. The van der Waals surface area contributed by atoms with Gasteiger partial charge < -0.3 is 4.74 Å². The maximum Gasteiger partial charge on any atom is 0.0471 e. The van der Waals surface area contributed by atoms with Gasteiger partial charge in [-0.05, 0) is 37.5 Å². The van der Waals surface area contributed by atoms with Gasteiger partial charge in [0, 0.05) is 13.2 Å². The third-order valence-corrected chi connectivity index (χ3v) is 3.19. The number of hydrogen-bond donors (Lipinski definition) is 0. The van der Waals surface area contributed by atoms with E-state index in [1.165, 1.54) is 38.5 Å². The highest BCUT2D eigenvalue weighted by Crippen LogP contribution is 2.42. The third kappa shape index (κ3) is 1.58. The van der Waals surface area contributed by atoms with Crippen molar-refractivity contribution in [1.29, 1.82) is 0 Å². The molecule has 0 N–H and O–H groups in total. The zero-order valence-corrected chi connectivity index (χ0v) is 7.14. The predicted octanol–water partition coefficient (Wildman–Crippen LogP) is 2.56. The van der Waals surface area contributed by atoms with Crippen LogP contribution in [0, 0.1) is 11.8 Å². The third-order valence-electron chi connectivity index (χ3n) is 3.19. The molecule has 0 aromatic heterocycles. The molecule has 1 aliphatic carbocycles. The van der Waals surface area contributed by atoms with Crippen molar-refractivity contribution in [3.8, 4) is 0 Å². The fraction of sp³-hybridized carbons (Fsp3) is 0.900. The summed E-state index contributed by atoms with van der Waals surface area (Å²) in [6.07, 6.45) is 10.8. The molecule has 0 unspecified atom stereocenters. The Morgan fingerprint density at radius 2 is 1.82 bits per heavy atom. The summed E-state index contributed by atoms with van der Waals surface area (Å²) in [5.41, 5.74) is 0.608. The molecule has 1 heteroatoms. The smallest absolute Gasteiger partial charge is 0.0471 e. The van der Waals surface area contributed by atoms with Crippen LogP contribution in [0.2, 0.25) is 0 Å². The average molecular weight is 153 g/mol. The first-order valence-corrected chi connectivity index (χ1v) is 4.83. The van der Waals surface area contributed by atoms with Crippen LogP contribution in [-0.2, 0) is 4.74 Å². The minimum absolute atomic E-state index is 0.608. The predicted molar refractivity (Wildman–Crippen MR) is 45.3 cm³/mol. The van der Waals surface area contributed by atoms with Crippen LogP contribution < -0.4 is 0 Å². The van der Waals surface area contributed by atoms with Gasteiger partial charge in [0.2, 0.25) is 0 Å². The van der Waals surface area contributed by atoms with Crippen LogP contribution >= 0.6 is 0 Å². The number of ether oxygens (including phenoxy) is 1. The lowest BCUT2D eigenvalue weighted by Crippen LogP contribution is -2.31. The molecule has 1 aliphatic heterocycles. The molecule has 1 radical (unpaired) electrons. The second kappa shape index (κ2) is 3.14. The van der Waals surface area contributed by atoms with Crippen molar-refractivity contribution in [3.63, 3.8) is 0 Å². The Morgan fingerprint density at radius 1 is 1.00 bits per heavy atom. The molecule has 1 saturated heterocycles. The molecule has 2 aliphatic rings. The standard InChI is InChI=1S/C10H17O/c1-2-4-10(5-3-1)6-8-11-9-7-10/h4H,1-3,5-9H2. The lowest BCUT2D eigenvalue weighted by Gasteiger charge is -2.39. The summed E-state index contributed by atoms with van der Waals surface area (Å²) < 4.78 is 5.38. The zero-order chi connectivity index (χ0) is 7.57. The van der Waals surface area contributed by atoms with Crippen molar-refractivity contribution in [2.45, 2.75) is 38.5 Å². The zero-order valence-electron chi connectivity index (χ0n) is 7.14. The van der Waals surface area contributed by atoms with Gasteiger partial charge in [0.25, 0.3) is 0 Å². The maximum absolute atomic E-state index is 5.38. The normalized spacial score (nSPS) is 30.5. The molecule has 1 saturated carbocycles. The number of rotatable bonds is 0. The monoisotopic (exact) mass is 153 g/mol. The van der Waals surface area contributed by atoms with Gasteiger partial charge in [-0.2, -0.15) is 0 Å². The van der Waals surface area contributed by atoms with Gasteiger partial charge in [-0.3, -0.25) is 0 Å². The quantitative estimate of drug-likeness (QED) is 0.519. The summed E-state index contributed by atoms with van der Waals surface area (Å²) >= 11 is 0. The van der Waals surface area contributed by atoms with E-state index in [9.17, 15) is 0 Å². The molecule has 1 heterocycles. The van der Waals surface area contributed by atoms with Gasteiger partial charge in [-0.1, -0.05) is 12.8 Å². The highest BCUT2D eigenvalue weighted by molar-refractivity contribution is 4.96. The van der Waals surface area contributed by atoms with Gasteiger partial charge in [0.1, 0.15) is 0 Å². The first kappa shape index (κ1) is 7.60. The van der Waals surface area contributed by atoms with Crippen molar-refractivity contribution in [1.82, 2.24) is 0 Å². The van der Waals surface area contributed by atoms with E-state index in [4.69, 9.17) is 4.74 Å². The Kier molecular flexibility index (Phi) is 2.17. The lowest BCUT2D eigenvalue weighted by atomic mass is 9.69. The molecule has 2 fully saturated rings. The van der Waals surface area contributed by atoms with E-state index in [-0.39, 0.29) is 0 Å². The van der Waals surface area contributed by atoms with Crippen molar-refractivity contribution < 1.29 is 4.74 Å². The second-order valence-corrected chi connectivity index (χ2v) is 3.92. The van der Waals surface area contributed by atoms with Gasteiger partial charge >= 0.3 is 0 Å². The fourth-order valence-electron chi connectivity index (χ4n) is 2.36. The van der Waals surface area contributed by atoms with Gasteiger partial charge in [-0.15, -0.1) is 0 Å². The van der Waals surface area contributed by atoms with E-state index in [2.05, 4.69) is 6.42 Å². The molecule has 0 atom stereocenters. The summed E-state index contributed by atoms with van der Waals surface area (Å²) in [5.74, 6) is 0. The van der Waals surface area contributed by atoms with Crippen LogP contribution in [0.1, 0.15) is 38.5 Å². The molecular weight excluding hydrogens is 136 g/mol. The van der Waals surface area contributed by atoms with Crippen LogP contribution in [-0.4, -0.2) is 13.2 Å². The first-order valence-electron chi connectivity index (χ1n) is 4.83. The summed E-state index contributed by atoms with van der Waals surface area (Å²) in [6, 6.07) is 0. The highest BCUT2D eigenvalue weighted by Gasteiger charge is 2.33. The van der Waals surface area contributed by atoms with Crippen molar-refractivity contribution >= 4 is 0 Å². The number of hydrogen-bond acceptors (Lipinski definition) is 1. The Bertz CT molecular complexity index is 99.3. The van der Waals surface area contributed by atoms with Crippen LogP contribution in [0.4, 0.5) is 0 Å². The molecule has 1 nitrogen and oxygen atoms in total. The topological polar surface area (TPSA) is 9.23 Å². The molecular formula is C10H17O. The Balaban J connectivity index is 1.94. The van der Waals surface area contributed by atoms with E-state index >= 15 is 0 Å². The Labute approximate surface area is 69.1 Å². The maximum atomic E-state index is 5.38. The molecule has 11 heavy (non-hydrogen) atoms. The van der Waals surface area contributed by atoms with Crippen LogP contribution in [0.3, 0.4) is 0 Å². The van der Waals surface area contributed by atoms with Gasteiger partial charge in [0.15, 0.2) is 0 Å². The van der Waals surface area contributed by atoms with E-state index in [1.54, 1.807) is 0 Å². The van der Waals surface area contributed by atoms with E-state index < -0.39 is 0 Å². The molecule has 0 aromatic carbocycles. The van der Waals surface area contributed by atoms with Crippen LogP contribution in [0.5, 0.6) is 0 Å². The fourth-order valence-corrected chi connectivity index (χ4v) is 2.36. The summed E-state index contributed by atoms with van der Waals surface area (Å²) in [5, 5.41) is 0. The lowest BCUT2D eigenvalue weighted by molar-refractivity contribution is 0.0185. The average Bonchev–Trinajstić information content (AvgIpc) is 2.07. The molecule has 0 bridgehead atoms. The van der Waals surface area contributed by atoms with E-state index in [1.807, 2.05) is 0 Å². The molecule has 1 spiro atoms. The largest absolute Gasteiger partial charge is 0.381 e. The van der Waals surface area contributed by atoms with Crippen molar-refractivity contribution in [2.24, 2.45) is 5.41 Å². The van der Waals surface area contributed by atoms with Crippen molar-refractivity contribution in [3.05, 3.63) is 6.42 Å². The molecule has 2 rings (SSSR count). The van der Waals surface area contributed by atoms with Gasteiger partial charge in [-0.25, -0.2) is 0 Å². The summed E-state index contributed by atoms with van der Waals surface area (Å²) in [7, 11) is 0.